The minimum atomic E-state index is -0.497. The molecule has 3 fully saturated rings. The highest BCUT2D eigenvalue weighted by molar-refractivity contribution is 6.02. The molecular weight excluding hydrogens is 432 g/mol. The van der Waals surface area contributed by atoms with Gasteiger partial charge in [0.05, 0.1) is 23.2 Å². The van der Waals surface area contributed by atoms with E-state index in [4.69, 9.17) is 9.26 Å². The molecule has 34 heavy (non-hydrogen) atoms. The quantitative estimate of drug-likeness (QED) is 0.592. The zero-order valence-electron chi connectivity index (χ0n) is 20.4. The van der Waals surface area contributed by atoms with E-state index in [0.29, 0.717) is 24.5 Å². The number of amides is 2. The lowest BCUT2D eigenvalue weighted by Gasteiger charge is -2.30. The number of aryl methyl sites for hydroxylation is 2. The Hall–Kier alpha value is -2.87. The fourth-order valence-electron chi connectivity index (χ4n) is 5.65. The van der Waals surface area contributed by atoms with E-state index in [-0.39, 0.29) is 17.7 Å². The monoisotopic (exact) mass is 466 g/mol. The third-order valence-corrected chi connectivity index (χ3v) is 7.81. The minimum absolute atomic E-state index is 0.00541. The van der Waals surface area contributed by atoms with Crippen LogP contribution in [0, 0.1) is 32.6 Å². The number of methoxy groups -OCH3 is 1. The molecule has 3 atom stereocenters. The number of anilines is 2. The van der Waals surface area contributed by atoms with Crippen molar-refractivity contribution < 1.29 is 18.8 Å². The summed E-state index contributed by atoms with van der Waals surface area (Å²) < 4.78 is 10.9. The number of carbonyl (C=O) groups excluding carboxylic acids is 2. The molecule has 3 N–H and O–H groups in total. The molecule has 5 rings (SSSR count). The van der Waals surface area contributed by atoms with E-state index in [1.54, 1.807) is 7.11 Å². The van der Waals surface area contributed by atoms with E-state index >= 15 is 0 Å². The lowest BCUT2D eigenvalue weighted by atomic mass is 9.92. The molecule has 2 aliphatic carbocycles. The van der Waals surface area contributed by atoms with E-state index in [1.165, 1.54) is 0 Å². The fraction of sp³-hybridized carbons (Fsp3) is 0.577. The number of aromatic nitrogens is 1. The first-order valence-corrected chi connectivity index (χ1v) is 12.3. The Bertz CT molecular complexity index is 1080. The Morgan fingerprint density at radius 1 is 1.15 bits per heavy atom. The highest BCUT2D eigenvalue weighted by atomic mass is 16.5. The summed E-state index contributed by atoms with van der Waals surface area (Å²) in [6.07, 6.45) is 5.98. The molecule has 8 heteroatoms. The van der Waals surface area contributed by atoms with Crippen molar-refractivity contribution in [2.24, 2.45) is 11.8 Å². The van der Waals surface area contributed by atoms with Crippen molar-refractivity contribution in [1.82, 2.24) is 10.5 Å². The SMILES string of the molecule is COC1CCC(Nc2ccc(-c3c(C)noc3C)c(C)c2NC(=O)C2CC3CC3C(=O)N2)CC1. The predicted octanol–water partition coefficient (Wildman–Crippen LogP) is 4.10. The van der Waals surface area contributed by atoms with Crippen LogP contribution >= 0.6 is 0 Å². The van der Waals surface area contributed by atoms with Gasteiger partial charge in [-0.25, -0.2) is 0 Å². The summed E-state index contributed by atoms with van der Waals surface area (Å²) in [5, 5.41) is 13.9. The molecule has 2 amide bonds. The van der Waals surface area contributed by atoms with Crippen molar-refractivity contribution in [3.63, 3.8) is 0 Å². The summed E-state index contributed by atoms with van der Waals surface area (Å²) >= 11 is 0. The number of piperidine rings is 1. The van der Waals surface area contributed by atoms with Gasteiger partial charge in [-0.15, -0.1) is 0 Å². The number of fused-ring (bicyclic) bond motifs is 1. The summed E-state index contributed by atoms with van der Waals surface area (Å²) in [7, 11) is 1.77. The maximum absolute atomic E-state index is 13.3. The van der Waals surface area contributed by atoms with Gasteiger partial charge in [0.15, 0.2) is 0 Å². The average Bonchev–Trinajstić information content (AvgIpc) is 3.55. The van der Waals surface area contributed by atoms with Crippen LogP contribution in [0.15, 0.2) is 16.7 Å². The van der Waals surface area contributed by atoms with Gasteiger partial charge < -0.3 is 25.2 Å². The van der Waals surface area contributed by atoms with Gasteiger partial charge in [0.2, 0.25) is 11.8 Å². The zero-order valence-corrected chi connectivity index (χ0v) is 20.4. The average molecular weight is 467 g/mol. The Morgan fingerprint density at radius 3 is 2.56 bits per heavy atom. The van der Waals surface area contributed by atoms with Crippen LogP contribution in [0.4, 0.5) is 11.4 Å². The molecule has 1 aromatic heterocycles. The molecule has 2 saturated carbocycles. The predicted molar refractivity (Wildman–Crippen MR) is 130 cm³/mol. The van der Waals surface area contributed by atoms with Crippen LogP contribution in [0.1, 0.15) is 55.5 Å². The topological polar surface area (TPSA) is 105 Å². The number of rotatable bonds is 6. The Kier molecular flexibility index (Phi) is 6.10. The smallest absolute Gasteiger partial charge is 0.247 e. The Morgan fingerprint density at radius 2 is 1.91 bits per heavy atom. The van der Waals surface area contributed by atoms with Crippen LogP contribution in [-0.2, 0) is 14.3 Å². The fourth-order valence-corrected chi connectivity index (χ4v) is 5.65. The second kappa shape index (κ2) is 9.06. The van der Waals surface area contributed by atoms with Gasteiger partial charge in [0, 0.05) is 24.6 Å². The summed E-state index contributed by atoms with van der Waals surface area (Å²) in [5.41, 5.74) is 5.35. The number of benzene rings is 1. The van der Waals surface area contributed by atoms with Crippen LogP contribution in [0.5, 0.6) is 0 Å². The van der Waals surface area contributed by atoms with E-state index in [2.05, 4.69) is 27.2 Å². The summed E-state index contributed by atoms with van der Waals surface area (Å²) in [4.78, 5) is 25.5. The van der Waals surface area contributed by atoms with E-state index in [0.717, 1.165) is 71.6 Å². The van der Waals surface area contributed by atoms with Crippen LogP contribution in [0.25, 0.3) is 11.1 Å². The third-order valence-electron chi connectivity index (χ3n) is 7.81. The zero-order chi connectivity index (χ0) is 24.0. The number of hydrogen-bond acceptors (Lipinski definition) is 6. The molecule has 2 aromatic rings. The molecule has 1 aliphatic heterocycles. The molecule has 1 saturated heterocycles. The Labute approximate surface area is 200 Å². The number of nitrogens with zero attached hydrogens (tertiary/aromatic N) is 1. The first-order valence-electron chi connectivity index (χ1n) is 12.3. The molecular formula is C26H34N4O4. The second-order valence-corrected chi connectivity index (χ2v) is 10.1. The largest absolute Gasteiger partial charge is 0.381 e. The molecule has 3 unspecified atom stereocenters. The lowest BCUT2D eigenvalue weighted by Crippen LogP contribution is -2.47. The summed E-state index contributed by atoms with van der Waals surface area (Å²) in [5.74, 6) is 1.03. The van der Waals surface area contributed by atoms with E-state index in [9.17, 15) is 9.59 Å². The molecule has 0 bridgehead atoms. The minimum Gasteiger partial charge on any atom is -0.381 e. The molecule has 0 spiro atoms. The van der Waals surface area contributed by atoms with Crippen molar-refractivity contribution in [2.75, 3.05) is 17.7 Å². The molecule has 0 radical (unpaired) electrons. The van der Waals surface area contributed by atoms with Crippen molar-refractivity contribution in [3.8, 4) is 11.1 Å². The first-order chi connectivity index (χ1) is 16.4. The van der Waals surface area contributed by atoms with Crippen LogP contribution in [-0.4, -0.2) is 42.3 Å². The highest BCUT2D eigenvalue weighted by Crippen LogP contribution is 2.45. The van der Waals surface area contributed by atoms with Gasteiger partial charge in [-0.05, 0) is 82.4 Å². The van der Waals surface area contributed by atoms with Gasteiger partial charge in [0.1, 0.15) is 11.8 Å². The van der Waals surface area contributed by atoms with Crippen molar-refractivity contribution in [3.05, 3.63) is 29.2 Å². The van der Waals surface area contributed by atoms with Gasteiger partial charge in [0.25, 0.3) is 0 Å². The Balaban J connectivity index is 1.44. The standard InChI is InChI=1S/C26H34N4O4/c1-13-19(23-14(2)30-34-15(23)3)9-10-21(27-17-5-7-18(33-4)8-6-17)24(13)29-26(32)22-12-16-11-20(16)25(31)28-22/h9-10,16-18,20,22,27H,5-8,11-12H2,1-4H3,(H,28,31)(H,29,32). The lowest BCUT2D eigenvalue weighted by molar-refractivity contribution is -0.129. The number of hydrogen-bond donors (Lipinski definition) is 3. The molecule has 3 aliphatic rings. The van der Waals surface area contributed by atoms with Crippen molar-refractivity contribution in [2.45, 2.75) is 77.5 Å². The van der Waals surface area contributed by atoms with E-state index < -0.39 is 6.04 Å². The maximum atomic E-state index is 13.3. The maximum Gasteiger partial charge on any atom is 0.247 e. The van der Waals surface area contributed by atoms with Gasteiger partial charge in [-0.1, -0.05) is 11.2 Å². The molecule has 1 aromatic carbocycles. The number of nitrogens with one attached hydrogen (secondary N) is 3. The van der Waals surface area contributed by atoms with Crippen LogP contribution in [0.3, 0.4) is 0 Å². The van der Waals surface area contributed by atoms with Gasteiger partial charge >= 0.3 is 0 Å². The molecule has 8 nitrogen and oxygen atoms in total. The third kappa shape index (κ3) is 4.31. The number of ether oxygens (including phenoxy) is 1. The highest BCUT2D eigenvalue weighted by Gasteiger charge is 2.49. The van der Waals surface area contributed by atoms with E-state index in [1.807, 2.05) is 26.8 Å². The second-order valence-electron chi connectivity index (χ2n) is 10.1. The van der Waals surface area contributed by atoms with Crippen molar-refractivity contribution >= 4 is 23.2 Å². The normalized spacial score (nSPS) is 28.1. The summed E-state index contributed by atoms with van der Waals surface area (Å²) in [6.45, 7) is 5.84. The van der Waals surface area contributed by atoms with Gasteiger partial charge in [-0.3, -0.25) is 9.59 Å². The van der Waals surface area contributed by atoms with Crippen molar-refractivity contribution in [1.29, 1.82) is 0 Å². The van der Waals surface area contributed by atoms with Crippen LogP contribution < -0.4 is 16.0 Å². The molecule has 2 heterocycles. The number of carbonyl (C=O) groups is 2. The summed E-state index contributed by atoms with van der Waals surface area (Å²) in [6, 6.07) is 3.91. The van der Waals surface area contributed by atoms with Crippen LogP contribution in [0.2, 0.25) is 0 Å². The molecule has 182 valence electrons. The van der Waals surface area contributed by atoms with Gasteiger partial charge in [-0.2, -0.15) is 0 Å². The first kappa shape index (κ1) is 22.9.